The van der Waals surface area contributed by atoms with Gasteiger partial charge in [0.1, 0.15) is 23.6 Å². The van der Waals surface area contributed by atoms with Gasteiger partial charge >= 0.3 is 0 Å². The van der Waals surface area contributed by atoms with Crippen molar-refractivity contribution in [2.24, 2.45) is 11.7 Å². The molecule has 3 aromatic carbocycles. The number of aromatic nitrogens is 1. The lowest BCUT2D eigenvalue weighted by Gasteiger charge is -2.29. The number of hydrogen-bond acceptors (Lipinski definition) is 7. The first-order valence-electron chi connectivity index (χ1n) is 17.2. The number of amides is 4. The minimum Gasteiger partial charge on any atom is -0.441 e. The van der Waals surface area contributed by atoms with Crippen LogP contribution in [0.25, 0.3) is 11.1 Å². The number of carbonyl (C=O) groups excluding carboxylic acids is 4. The Morgan fingerprint density at radius 1 is 0.800 bits per heavy atom. The molecule has 0 fully saturated rings. The van der Waals surface area contributed by atoms with Crippen molar-refractivity contribution in [2.45, 2.75) is 83.5 Å². The molecule has 0 bridgehead atoms. The van der Waals surface area contributed by atoms with Crippen molar-refractivity contribution < 1.29 is 23.6 Å². The quantitative estimate of drug-likeness (QED) is 0.0913. The predicted octanol–water partition coefficient (Wildman–Crippen LogP) is 4.97. The van der Waals surface area contributed by atoms with E-state index >= 15 is 0 Å². The van der Waals surface area contributed by atoms with Gasteiger partial charge in [-0.3, -0.25) is 19.2 Å². The van der Waals surface area contributed by atoms with Crippen LogP contribution >= 0.6 is 11.6 Å². The maximum atomic E-state index is 14.0. The van der Waals surface area contributed by atoms with Crippen molar-refractivity contribution in [3.05, 3.63) is 101 Å². The van der Waals surface area contributed by atoms with Gasteiger partial charge in [0.15, 0.2) is 11.5 Å². The van der Waals surface area contributed by atoms with Gasteiger partial charge in [-0.2, -0.15) is 0 Å². The van der Waals surface area contributed by atoms with Crippen molar-refractivity contribution in [1.29, 1.82) is 0 Å². The fourth-order valence-corrected chi connectivity index (χ4v) is 5.75. The molecule has 266 valence electrons. The summed E-state index contributed by atoms with van der Waals surface area (Å²) in [5, 5.41) is 12.1. The average molecular weight is 703 g/mol. The summed E-state index contributed by atoms with van der Waals surface area (Å²) in [6.45, 7) is 5.88. The van der Waals surface area contributed by atoms with Crippen LogP contribution in [0.5, 0.6) is 0 Å². The zero-order valence-corrected chi connectivity index (χ0v) is 29.5. The molecule has 4 rings (SSSR count). The number of oxazole rings is 1. The van der Waals surface area contributed by atoms with E-state index in [0.717, 1.165) is 11.1 Å². The molecular formula is C38H47ClN6O5. The molecule has 0 unspecified atom stereocenters. The predicted molar refractivity (Wildman–Crippen MR) is 194 cm³/mol. The first kappa shape index (κ1) is 38.1. The Morgan fingerprint density at radius 2 is 1.44 bits per heavy atom. The zero-order chi connectivity index (χ0) is 36.0. The van der Waals surface area contributed by atoms with Gasteiger partial charge in [0.2, 0.25) is 23.6 Å². The molecule has 6 N–H and O–H groups in total. The lowest BCUT2D eigenvalue weighted by molar-refractivity contribution is -0.134. The molecule has 0 aliphatic carbocycles. The molecule has 0 aliphatic heterocycles. The second kappa shape index (κ2) is 18.9. The topological polar surface area (TPSA) is 168 Å². The second-order valence-corrected chi connectivity index (χ2v) is 12.8. The Morgan fingerprint density at radius 3 is 2.04 bits per heavy atom. The Bertz CT molecular complexity index is 1680. The van der Waals surface area contributed by atoms with Crippen LogP contribution < -0.4 is 27.0 Å². The summed E-state index contributed by atoms with van der Waals surface area (Å²) in [6, 6.07) is 20.8. The number of rotatable bonds is 18. The number of benzene rings is 3. The van der Waals surface area contributed by atoms with E-state index in [-0.39, 0.29) is 36.5 Å². The van der Waals surface area contributed by atoms with Crippen LogP contribution in [-0.4, -0.2) is 53.3 Å². The first-order valence-corrected chi connectivity index (χ1v) is 17.6. The van der Waals surface area contributed by atoms with E-state index in [1.807, 2.05) is 74.5 Å². The number of nitrogens with one attached hydrogen (secondary N) is 4. The molecule has 0 radical (unpaired) electrons. The van der Waals surface area contributed by atoms with Gasteiger partial charge < -0.3 is 31.4 Å². The van der Waals surface area contributed by atoms with Crippen molar-refractivity contribution >= 4 is 46.3 Å². The number of nitrogens with two attached hydrogens (primary N) is 1. The summed E-state index contributed by atoms with van der Waals surface area (Å²) < 4.78 is 5.83. The maximum absolute atomic E-state index is 14.0. The van der Waals surface area contributed by atoms with E-state index in [9.17, 15) is 19.2 Å². The SMILES string of the molecule is CCC(=O)N[C@@H](Cc1nc2ccc(Cl)cc2o1)C(=O)N[C@H](C(=O)N[C@@H](CCCCN)C(=O)NC(c1ccccc1)c1ccccc1)[C@@H](C)CC. The minimum atomic E-state index is -1.08. The molecule has 0 saturated heterocycles. The van der Waals surface area contributed by atoms with Gasteiger partial charge in [0, 0.05) is 17.5 Å². The fourth-order valence-electron chi connectivity index (χ4n) is 5.59. The fraction of sp³-hybridized carbons (Fsp3) is 0.395. The normalized spacial score (nSPS) is 13.6. The molecule has 50 heavy (non-hydrogen) atoms. The van der Waals surface area contributed by atoms with Crippen LogP contribution in [0.4, 0.5) is 0 Å². The van der Waals surface area contributed by atoms with E-state index in [4.69, 9.17) is 21.8 Å². The number of nitrogens with zero attached hydrogens (tertiary/aromatic N) is 1. The Labute approximate surface area is 298 Å². The molecule has 4 aromatic rings. The van der Waals surface area contributed by atoms with E-state index in [1.54, 1.807) is 25.1 Å². The van der Waals surface area contributed by atoms with Crippen LogP contribution in [0, 0.1) is 5.92 Å². The van der Waals surface area contributed by atoms with E-state index < -0.39 is 36.0 Å². The molecule has 0 aliphatic rings. The summed E-state index contributed by atoms with van der Waals surface area (Å²) in [7, 11) is 0. The molecule has 11 nitrogen and oxygen atoms in total. The largest absolute Gasteiger partial charge is 0.441 e. The van der Waals surface area contributed by atoms with Crippen molar-refractivity contribution in [1.82, 2.24) is 26.3 Å². The lowest BCUT2D eigenvalue weighted by atomic mass is 9.96. The molecule has 1 aromatic heterocycles. The van der Waals surface area contributed by atoms with Crippen LogP contribution in [-0.2, 0) is 25.6 Å². The summed E-state index contributed by atoms with van der Waals surface area (Å²) in [6.07, 6.45) is 2.29. The number of halogens is 1. The van der Waals surface area contributed by atoms with Gasteiger partial charge in [-0.05, 0) is 55.0 Å². The van der Waals surface area contributed by atoms with Crippen molar-refractivity contribution in [3.8, 4) is 0 Å². The molecule has 0 saturated carbocycles. The lowest BCUT2D eigenvalue weighted by Crippen LogP contribution is -2.59. The van der Waals surface area contributed by atoms with Gasteiger partial charge in [-0.1, -0.05) is 99.5 Å². The Kier molecular flexibility index (Phi) is 14.4. The highest BCUT2D eigenvalue weighted by atomic mass is 35.5. The molecule has 1 heterocycles. The van der Waals surface area contributed by atoms with E-state index in [1.165, 1.54) is 0 Å². The third-order valence-electron chi connectivity index (χ3n) is 8.67. The third kappa shape index (κ3) is 10.6. The van der Waals surface area contributed by atoms with Crippen LogP contribution in [0.3, 0.4) is 0 Å². The monoisotopic (exact) mass is 702 g/mol. The Balaban J connectivity index is 1.55. The van der Waals surface area contributed by atoms with Gasteiger partial charge in [-0.25, -0.2) is 4.98 Å². The third-order valence-corrected chi connectivity index (χ3v) is 8.91. The summed E-state index contributed by atoms with van der Waals surface area (Å²) >= 11 is 6.10. The van der Waals surface area contributed by atoms with E-state index in [2.05, 4.69) is 26.3 Å². The number of unbranched alkanes of at least 4 members (excludes halogenated alkanes) is 1. The maximum Gasteiger partial charge on any atom is 0.243 e. The molecule has 0 spiro atoms. The first-order chi connectivity index (χ1) is 24.1. The van der Waals surface area contributed by atoms with Crippen LogP contribution in [0.2, 0.25) is 5.02 Å². The number of fused-ring (bicyclic) bond motifs is 1. The van der Waals surface area contributed by atoms with Crippen molar-refractivity contribution in [3.63, 3.8) is 0 Å². The Hall–Kier alpha value is -4.74. The van der Waals surface area contributed by atoms with Gasteiger partial charge in [0.05, 0.1) is 12.5 Å². The highest BCUT2D eigenvalue weighted by Crippen LogP contribution is 2.23. The second-order valence-electron chi connectivity index (χ2n) is 12.4. The van der Waals surface area contributed by atoms with E-state index in [0.29, 0.717) is 48.4 Å². The van der Waals surface area contributed by atoms with Gasteiger partial charge in [-0.15, -0.1) is 0 Å². The molecular weight excluding hydrogens is 656 g/mol. The molecule has 12 heteroatoms. The van der Waals surface area contributed by atoms with Gasteiger partial charge in [0.25, 0.3) is 0 Å². The highest BCUT2D eigenvalue weighted by Gasteiger charge is 2.33. The highest BCUT2D eigenvalue weighted by molar-refractivity contribution is 6.31. The average Bonchev–Trinajstić information content (AvgIpc) is 3.53. The number of hydrogen-bond donors (Lipinski definition) is 5. The van der Waals surface area contributed by atoms with Crippen LogP contribution in [0.1, 0.15) is 75.9 Å². The van der Waals surface area contributed by atoms with Crippen LogP contribution in [0.15, 0.2) is 83.3 Å². The summed E-state index contributed by atoms with van der Waals surface area (Å²) in [5.41, 5.74) is 8.56. The smallest absolute Gasteiger partial charge is 0.243 e. The van der Waals surface area contributed by atoms with Crippen molar-refractivity contribution in [2.75, 3.05) is 6.54 Å². The molecule has 4 atom stereocenters. The summed E-state index contributed by atoms with van der Waals surface area (Å²) in [4.78, 5) is 58.7. The zero-order valence-electron chi connectivity index (χ0n) is 28.8. The number of carbonyl (C=O) groups is 4. The standard InChI is InChI=1S/C38H47ClN6O5/c1-4-24(3)34(44-37(48)30(41-32(46)5-2)23-33-42-28-20-19-27(39)22-31(28)50-33)38(49)43-29(18-12-13-21-40)36(47)45-35(25-14-8-6-9-15-25)26-16-10-7-11-17-26/h6-11,14-17,19-20,22,24,29-30,34-35H,4-5,12-13,18,21,23,40H2,1-3H3,(H,41,46)(H,43,49)(H,44,48)(H,45,47)/t24-,29-,30-,34-/m0/s1. The molecule has 4 amide bonds. The minimum absolute atomic E-state index is 0.0524. The summed E-state index contributed by atoms with van der Waals surface area (Å²) in [5.74, 6) is -1.87.